The van der Waals surface area contributed by atoms with E-state index in [9.17, 15) is 0 Å². The molecule has 142 valence electrons. The highest BCUT2D eigenvalue weighted by Gasteiger charge is 2.21. The summed E-state index contributed by atoms with van der Waals surface area (Å²) in [5.74, 6) is 1.33. The molecule has 0 saturated heterocycles. The lowest BCUT2D eigenvalue weighted by Gasteiger charge is -2.14. The zero-order chi connectivity index (χ0) is 19.1. The quantitative estimate of drug-likeness (QED) is 0.372. The molecule has 1 fully saturated rings. The summed E-state index contributed by atoms with van der Waals surface area (Å²) in [6.07, 6.45) is 10.1. The van der Waals surface area contributed by atoms with E-state index in [0.717, 1.165) is 23.3 Å². The van der Waals surface area contributed by atoms with E-state index in [0.29, 0.717) is 11.8 Å². The minimum atomic E-state index is 0.657. The highest BCUT2D eigenvalue weighted by Crippen LogP contribution is 2.40. The third-order valence-corrected chi connectivity index (χ3v) is 6.13. The van der Waals surface area contributed by atoms with E-state index in [2.05, 4.69) is 56.3 Å². The Balaban J connectivity index is 1.68. The zero-order valence-corrected chi connectivity index (χ0v) is 16.7. The Morgan fingerprint density at radius 2 is 1.86 bits per heavy atom. The van der Waals surface area contributed by atoms with Crippen LogP contribution in [0.3, 0.4) is 0 Å². The van der Waals surface area contributed by atoms with Gasteiger partial charge in [-0.2, -0.15) is 0 Å². The van der Waals surface area contributed by atoms with Gasteiger partial charge in [-0.3, -0.25) is 4.98 Å². The standard InChI is InChI=1S/C26H27NO/c1-17(2)13-18-7-8-23-20(14-18)9-11-27-25(23)24-16-22(19-5-3-4-6-19)15-21-10-12-28-26(21)24/h7-12,14-17,19H,3-6,13H2,1-2H3. The van der Waals surface area contributed by atoms with Crippen molar-refractivity contribution in [1.82, 2.24) is 4.98 Å². The molecule has 2 heteroatoms. The van der Waals surface area contributed by atoms with Crippen LogP contribution in [0.25, 0.3) is 33.0 Å². The topological polar surface area (TPSA) is 26.0 Å². The highest BCUT2D eigenvalue weighted by atomic mass is 16.3. The number of nitrogens with zero attached hydrogens (tertiary/aromatic N) is 1. The van der Waals surface area contributed by atoms with Gasteiger partial charge in [-0.25, -0.2) is 0 Å². The molecule has 28 heavy (non-hydrogen) atoms. The number of fused-ring (bicyclic) bond motifs is 2. The first-order valence-electron chi connectivity index (χ1n) is 10.6. The van der Waals surface area contributed by atoms with Crippen molar-refractivity contribution in [2.24, 2.45) is 5.92 Å². The minimum absolute atomic E-state index is 0.657. The van der Waals surface area contributed by atoms with Crippen molar-refractivity contribution in [2.75, 3.05) is 0 Å². The van der Waals surface area contributed by atoms with E-state index in [4.69, 9.17) is 9.40 Å². The summed E-state index contributed by atoms with van der Waals surface area (Å²) in [5, 5.41) is 3.65. The summed E-state index contributed by atoms with van der Waals surface area (Å²) in [4.78, 5) is 4.81. The fraction of sp³-hybridized carbons (Fsp3) is 0.346. The molecule has 1 aliphatic carbocycles. The van der Waals surface area contributed by atoms with E-state index >= 15 is 0 Å². The lowest BCUT2D eigenvalue weighted by Crippen LogP contribution is -1.96. The van der Waals surface area contributed by atoms with Crippen LogP contribution in [-0.2, 0) is 6.42 Å². The molecule has 0 unspecified atom stereocenters. The fourth-order valence-corrected chi connectivity index (χ4v) is 4.82. The lowest BCUT2D eigenvalue weighted by atomic mass is 9.92. The Morgan fingerprint density at radius 3 is 2.68 bits per heavy atom. The van der Waals surface area contributed by atoms with Gasteiger partial charge in [0.05, 0.1) is 12.0 Å². The Morgan fingerprint density at radius 1 is 1.00 bits per heavy atom. The van der Waals surface area contributed by atoms with Crippen molar-refractivity contribution in [3.63, 3.8) is 0 Å². The van der Waals surface area contributed by atoms with Crippen LogP contribution >= 0.6 is 0 Å². The molecule has 5 rings (SSSR count). The van der Waals surface area contributed by atoms with Crippen molar-refractivity contribution in [2.45, 2.75) is 51.9 Å². The number of pyridine rings is 1. The largest absolute Gasteiger partial charge is 0.464 e. The average molecular weight is 370 g/mol. The number of furan rings is 1. The molecule has 4 aromatic rings. The lowest BCUT2D eigenvalue weighted by molar-refractivity contribution is 0.616. The predicted octanol–water partition coefficient (Wildman–Crippen LogP) is 7.50. The van der Waals surface area contributed by atoms with Gasteiger partial charge in [0, 0.05) is 22.5 Å². The maximum absolute atomic E-state index is 5.91. The Kier molecular flexibility index (Phi) is 4.43. The molecule has 0 radical (unpaired) electrons. The van der Waals surface area contributed by atoms with Crippen molar-refractivity contribution >= 4 is 21.7 Å². The van der Waals surface area contributed by atoms with Gasteiger partial charge in [-0.15, -0.1) is 0 Å². The van der Waals surface area contributed by atoms with Crippen LogP contribution in [0.2, 0.25) is 0 Å². The minimum Gasteiger partial charge on any atom is -0.464 e. The first kappa shape index (κ1) is 17.5. The third-order valence-electron chi connectivity index (χ3n) is 6.13. The van der Waals surface area contributed by atoms with Gasteiger partial charge in [0.25, 0.3) is 0 Å². The monoisotopic (exact) mass is 369 g/mol. The van der Waals surface area contributed by atoms with Gasteiger partial charge in [-0.05, 0) is 71.9 Å². The third kappa shape index (κ3) is 3.11. The maximum Gasteiger partial charge on any atom is 0.143 e. The van der Waals surface area contributed by atoms with Crippen LogP contribution in [0.4, 0.5) is 0 Å². The Hall–Kier alpha value is -2.61. The Bertz CT molecular complexity index is 1130. The molecular weight excluding hydrogens is 342 g/mol. The molecule has 1 aliphatic rings. The number of benzene rings is 2. The van der Waals surface area contributed by atoms with Gasteiger partial charge in [0.1, 0.15) is 5.58 Å². The smallest absolute Gasteiger partial charge is 0.143 e. The van der Waals surface area contributed by atoms with E-state index in [-0.39, 0.29) is 0 Å². The molecule has 2 aromatic carbocycles. The van der Waals surface area contributed by atoms with E-state index in [1.165, 1.54) is 53.0 Å². The number of aromatic nitrogens is 1. The number of rotatable bonds is 4. The molecule has 0 bridgehead atoms. The summed E-state index contributed by atoms with van der Waals surface area (Å²) in [5.41, 5.74) is 5.95. The molecule has 0 spiro atoms. The summed E-state index contributed by atoms with van der Waals surface area (Å²) >= 11 is 0. The summed E-state index contributed by atoms with van der Waals surface area (Å²) < 4.78 is 5.91. The molecule has 2 nitrogen and oxygen atoms in total. The van der Waals surface area contributed by atoms with E-state index in [1.54, 1.807) is 6.26 Å². The Labute approximate surface area is 166 Å². The first-order chi connectivity index (χ1) is 13.7. The van der Waals surface area contributed by atoms with Crippen molar-refractivity contribution in [1.29, 1.82) is 0 Å². The normalized spacial score (nSPS) is 15.2. The van der Waals surface area contributed by atoms with Gasteiger partial charge >= 0.3 is 0 Å². The molecule has 1 saturated carbocycles. The van der Waals surface area contributed by atoms with Crippen molar-refractivity contribution in [3.05, 3.63) is 66.1 Å². The fourth-order valence-electron chi connectivity index (χ4n) is 4.82. The van der Waals surface area contributed by atoms with Crippen LogP contribution in [0.5, 0.6) is 0 Å². The van der Waals surface area contributed by atoms with Crippen LogP contribution in [0.15, 0.2) is 59.3 Å². The summed E-state index contributed by atoms with van der Waals surface area (Å²) in [6, 6.07) is 15.7. The summed E-state index contributed by atoms with van der Waals surface area (Å²) in [6.45, 7) is 4.54. The second kappa shape index (κ2) is 7.09. The van der Waals surface area contributed by atoms with Crippen LogP contribution < -0.4 is 0 Å². The first-order valence-corrected chi connectivity index (χ1v) is 10.6. The van der Waals surface area contributed by atoms with Gasteiger partial charge in [0.2, 0.25) is 0 Å². The molecular formula is C26H27NO. The maximum atomic E-state index is 5.91. The molecule has 0 N–H and O–H groups in total. The van der Waals surface area contributed by atoms with E-state index in [1.807, 2.05) is 6.20 Å². The van der Waals surface area contributed by atoms with Crippen LogP contribution in [0, 0.1) is 5.92 Å². The molecule has 2 heterocycles. The second-order valence-electron chi connectivity index (χ2n) is 8.70. The van der Waals surface area contributed by atoms with Crippen LogP contribution in [-0.4, -0.2) is 4.98 Å². The van der Waals surface area contributed by atoms with Gasteiger partial charge in [-0.1, -0.05) is 44.9 Å². The molecule has 2 aromatic heterocycles. The number of hydrogen-bond acceptors (Lipinski definition) is 2. The average Bonchev–Trinajstić information content (AvgIpc) is 3.37. The second-order valence-corrected chi connectivity index (χ2v) is 8.70. The van der Waals surface area contributed by atoms with Crippen LogP contribution in [0.1, 0.15) is 56.6 Å². The zero-order valence-electron chi connectivity index (χ0n) is 16.7. The predicted molar refractivity (Wildman–Crippen MR) is 117 cm³/mol. The molecule has 0 atom stereocenters. The van der Waals surface area contributed by atoms with Crippen molar-refractivity contribution in [3.8, 4) is 11.3 Å². The van der Waals surface area contributed by atoms with E-state index < -0.39 is 0 Å². The molecule has 0 aliphatic heterocycles. The highest BCUT2D eigenvalue weighted by molar-refractivity contribution is 6.02. The number of hydrogen-bond donors (Lipinski definition) is 0. The van der Waals surface area contributed by atoms with Gasteiger partial charge in [0.15, 0.2) is 0 Å². The van der Waals surface area contributed by atoms with Gasteiger partial charge < -0.3 is 4.42 Å². The van der Waals surface area contributed by atoms with Crippen molar-refractivity contribution < 1.29 is 4.42 Å². The SMILES string of the molecule is CC(C)Cc1ccc2c(-c3cc(C4CCCC4)cc4ccoc34)nccc2c1. The summed E-state index contributed by atoms with van der Waals surface area (Å²) in [7, 11) is 0. The molecule has 0 amide bonds.